The van der Waals surface area contributed by atoms with Crippen LogP contribution in [0.1, 0.15) is 132 Å². The smallest absolute Gasteiger partial charge is 0.257 e. The third-order valence-corrected chi connectivity index (χ3v) is 9.21. The third-order valence-electron chi connectivity index (χ3n) is 9.21. The molecule has 3 aromatic carbocycles. The minimum Gasteiger partial charge on any atom is -0.497 e. The summed E-state index contributed by atoms with van der Waals surface area (Å²) in [6.45, 7) is 4.75. The number of para-hydroxylation sites is 3. The van der Waals surface area contributed by atoms with Crippen LogP contribution in [-0.4, -0.2) is 40.4 Å². The van der Waals surface area contributed by atoms with Gasteiger partial charge in [-0.3, -0.25) is 9.59 Å². The predicted molar refractivity (Wildman–Crippen MR) is 199 cm³/mol. The van der Waals surface area contributed by atoms with E-state index < -0.39 is 17.7 Å². The number of hydrogen-bond acceptors (Lipinski definition) is 6. The minimum atomic E-state index is -1.28. The number of Topliss-reactive ketones (excluding diaryl/α,β-unsaturated/α-hetero) is 1. The fourth-order valence-corrected chi connectivity index (χ4v) is 6.33. The molecule has 0 fully saturated rings. The number of carbonyl (C=O) groups is 2. The van der Waals surface area contributed by atoms with E-state index in [9.17, 15) is 9.59 Å². The van der Waals surface area contributed by atoms with Gasteiger partial charge in [-0.05, 0) is 61.4 Å². The first-order valence-corrected chi connectivity index (χ1v) is 18.5. The van der Waals surface area contributed by atoms with E-state index in [2.05, 4.69) is 22.6 Å². The Balaban J connectivity index is 1.25. The van der Waals surface area contributed by atoms with Crippen LogP contribution in [0.5, 0.6) is 11.5 Å². The van der Waals surface area contributed by atoms with E-state index in [0.717, 1.165) is 18.4 Å². The van der Waals surface area contributed by atoms with Crippen LogP contribution in [0.4, 0.5) is 5.69 Å². The van der Waals surface area contributed by atoms with Crippen molar-refractivity contribution in [1.29, 1.82) is 0 Å². The van der Waals surface area contributed by atoms with Gasteiger partial charge in [0.15, 0.2) is 11.8 Å². The minimum absolute atomic E-state index is 0.367. The van der Waals surface area contributed by atoms with E-state index in [-0.39, 0.29) is 0 Å². The number of unbranched alkanes of at least 4 members (excludes halogenated alkanes) is 15. The zero-order valence-electron chi connectivity index (χ0n) is 29.9. The Kier molecular flexibility index (Phi) is 16.1. The topological polar surface area (TPSA) is 95.3 Å². The highest BCUT2D eigenvalue weighted by atomic mass is 16.5. The summed E-state index contributed by atoms with van der Waals surface area (Å²) < 4.78 is 12.8. The van der Waals surface area contributed by atoms with E-state index in [4.69, 9.17) is 9.47 Å². The van der Waals surface area contributed by atoms with Crippen LogP contribution in [0.3, 0.4) is 0 Å². The molecule has 8 nitrogen and oxygen atoms in total. The lowest BCUT2D eigenvalue weighted by Gasteiger charge is -2.19. The number of nitrogens with zero attached hydrogens (tertiary/aromatic N) is 3. The van der Waals surface area contributed by atoms with Gasteiger partial charge in [-0.15, -0.1) is 5.10 Å². The Hall–Kier alpha value is -4.20. The first kappa shape index (κ1) is 37.6. The van der Waals surface area contributed by atoms with E-state index in [1.807, 2.05) is 43.3 Å². The van der Waals surface area contributed by atoms with Crippen molar-refractivity contribution in [3.8, 4) is 11.5 Å². The van der Waals surface area contributed by atoms with Crippen molar-refractivity contribution in [2.24, 2.45) is 0 Å². The monoisotopic (exact) mass is 668 g/mol. The molecular formula is C41H56N4O4. The highest BCUT2D eigenvalue weighted by molar-refractivity contribution is 6.16. The van der Waals surface area contributed by atoms with Crippen molar-refractivity contribution in [2.45, 2.75) is 123 Å². The Morgan fingerprint density at radius 2 is 1.33 bits per heavy atom. The molecule has 4 aromatic rings. The summed E-state index contributed by atoms with van der Waals surface area (Å²) in [4.78, 5) is 27.9. The maximum atomic E-state index is 14.0. The number of hydrogen-bond donors (Lipinski definition) is 1. The number of fused-ring (bicyclic) bond motifs is 1. The fourth-order valence-electron chi connectivity index (χ4n) is 6.33. The molecular weight excluding hydrogens is 612 g/mol. The Bertz CT molecular complexity index is 1570. The van der Waals surface area contributed by atoms with Crippen LogP contribution in [0.15, 0.2) is 66.7 Å². The van der Waals surface area contributed by atoms with Crippen molar-refractivity contribution in [3.63, 3.8) is 0 Å². The summed E-state index contributed by atoms with van der Waals surface area (Å²) in [5, 5.41) is 11.5. The largest absolute Gasteiger partial charge is 0.497 e. The van der Waals surface area contributed by atoms with Crippen molar-refractivity contribution in [3.05, 3.63) is 77.9 Å². The molecule has 1 aromatic heterocycles. The van der Waals surface area contributed by atoms with Gasteiger partial charge < -0.3 is 14.8 Å². The third kappa shape index (κ3) is 11.7. The molecule has 1 heterocycles. The molecule has 49 heavy (non-hydrogen) atoms. The molecule has 0 radical (unpaired) electrons. The van der Waals surface area contributed by atoms with Gasteiger partial charge in [0, 0.05) is 5.56 Å². The number of aromatic nitrogens is 3. The molecule has 1 atom stereocenters. The molecule has 4 rings (SSSR count). The van der Waals surface area contributed by atoms with Crippen molar-refractivity contribution < 1.29 is 19.1 Å². The molecule has 264 valence electrons. The van der Waals surface area contributed by atoms with Crippen molar-refractivity contribution >= 4 is 28.4 Å². The molecule has 0 saturated carbocycles. The lowest BCUT2D eigenvalue weighted by atomic mass is 10.0. The van der Waals surface area contributed by atoms with Gasteiger partial charge in [0.2, 0.25) is 0 Å². The quantitative estimate of drug-likeness (QED) is 0.0453. The molecule has 0 spiro atoms. The summed E-state index contributed by atoms with van der Waals surface area (Å²) >= 11 is 0. The highest BCUT2D eigenvalue weighted by Gasteiger charge is 2.33. The van der Waals surface area contributed by atoms with E-state index in [0.29, 0.717) is 40.4 Å². The van der Waals surface area contributed by atoms with Crippen LogP contribution in [0.2, 0.25) is 0 Å². The Morgan fingerprint density at radius 3 is 1.94 bits per heavy atom. The zero-order valence-corrected chi connectivity index (χ0v) is 29.9. The summed E-state index contributed by atoms with van der Waals surface area (Å²) in [6.07, 6.45) is 21.1. The maximum absolute atomic E-state index is 14.0. The number of ketones is 1. The van der Waals surface area contributed by atoms with E-state index in [1.54, 1.807) is 37.4 Å². The maximum Gasteiger partial charge on any atom is 0.257 e. The van der Waals surface area contributed by atoms with Crippen molar-refractivity contribution in [1.82, 2.24) is 15.0 Å². The van der Waals surface area contributed by atoms with Gasteiger partial charge in [0.05, 0.1) is 24.9 Å². The van der Waals surface area contributed by atoms with Gasteiger partial charge >= 0.3 is 0 Å². The number of benzene rings is 3. The van der Waals surface area contributed by atoms with E-state index in [1.165, 1.54) is 94.6 Å². The van der Waals surface area contributed by atoms with Gasteiger partial charge in [0.25, 0.3) is 5.91 Å². The number of aryl methyl sites for hydroxylation is 1. The number of amides is 1. The second kappa shape index (κ2) is 21.0. The first-order chi connectivity index (χ1) is 24.0. The average Bonchev–Trinajstić information content (AvgIpc) is 3.55. The fraction of sp³-hybridized carbons (Fsp3) is 0.512. The summed E-state index contributed by atoms with van der Waals surface area (Å²) in [6, 6.07) is 18.4. The molecule has 1 unspecified atom stereocenters. The van der Waals surface area contributed by atoms with Gasteiger partial charge in [-0.25, -0.2) is 4.68 Å². The molecule has 8 heteroatoms. The SMILES string of the molecule is CCCCCCCCCCCCCCCCCCOc1ccccc1NC(=O)C(C(=O)c1ccc(OC)cc1)n1nnc2cccc(C)c21. The molecule has 1 N–H and O–H groups in total. The Labute approximate surface area is 293 Å². The molecule has 0 aliphatic rings. The highest BCUT2D eigenvalue weighted by Crippen LogP contribution is 2.28. The molecule has 0 saturated heterocycles. The zero-order chi connectivity index (χ0) is 34.7. The van der Waals surface area contributed by atoms with Crippen LogP contribution in [-0.2, 0) is 4.79 Å². The van der Waals surface area contributed by atoms with Crippen LogP contribution < -0.4 is 14.8 Å². The van der Waals surface area contributed by atoms with Gasteiger partial charge in [-0.1, -0.05) is 133 Å². The standard InChI is InChI=1S/C41H56N4O4/c1-4-5-6-7-8-9-10-11-12-13-14-15-16-17-18-21-31-49-37-26-20-19-24-35(37)42-41(47)39(40(46)33-27-29-34(48-3)30-28-33)45-38-32(2)23-22-25-36(38)43-44-45/h19-20,22-30,39H,4-18,21,31H2,1-3H3,(H,42,47). The number of nitrogens with one attached hydrogen (secondary N) is 1. The molecule has 0 aliphatic heterocycles. The summed E-state index contributed by atoms with van der Waals surface area (Å²) in [7, 11) is 1.57. The van der Waals surface area contributed by atoms with Crippen molar-refractivity contribution in [2.75, 3.05) is 19.0 Å². The average molecular weight is 669 g/mol. The Morgan fingerprint density at radius 1 is 0.735 bits per heavy atom. The van der Waals surface area contributed by atoms with Gasteiger partial charge in [-0.2, -0.15) is 0 Å². The predicted octanol–water partition coefficient (Wildman–Crippen LogP) is 10.5. The number of methoxy groups -OCH3 is 1. The lowest BCUT2D eigenvalue weighted by molar-refractivity contribution is -0.118. The van der Waals surface area contributed by atoms with Crippen LogP contribution in [0.25, 0.3) is 11.0 Å². The van der Waals surface area contributed by atoms with E-state index >= 15 is 0 Å². The normalized spacial score (nSPS) is 11.8. The number of ether oxygens (including phenoxy) is 2. The number of anilines is 1. The van der Waals surface area contributed by atoms with Crippen LogP contribution >= 0.6 is 0 Å². The molecule has 1 amide bonds. The summed E-state index contributed by atoms with van der Waals surface area (Å²) in [5.74, 6) is 0.276. The van der Waals surface area contributed by atoms with Crippen LogP contribution in [0, 0.1) is 6.92 Å². The lowest BCUT2D eigenvalue weighted by Crippen LogP contribution is -2.33. The number of carbonyl (C=O) groups excluding carboxylic acids is 2. The number of rotatable bonds is 24. The molecule has 0 aliphatic carbocycles. The van der Waals surface area contributed by atoms with Gasteiger partial charge in [0.1, 0.15) is 17.0 Å². The summed E-state index contributed by atoms with van der Waals surface area (Å²) in [5.41, 5.74) is 3.00. The first-order valence-electron chi connectivity index (χ1n) is 18.5. The second-order valence-corrected chi connectivity index (χ2v) is 13.1. The molecule has 0 bridgehead atoms. The second-order valence-electron chi connectivity index (χ2n) is 13.1.